The number of anilines is 1. The monoisotopic (exact) mass is 495 g/mol. The lowest BCUT2D eigenvalue weighted by Crippen LogP contribution is -2.14. The van der Waals surface area contributed by atoms with E-state index in [4.69, 9.17) is 31.1 Å². The molecule has 176 valence electrons. The average Bonchev–Trinajstić information content (AvgIpc) is 3.17. The van der Waals surface area contributed by atoms with Gasteiger partial charge < -0.3 is 19.6 Å². The predicted octanol–water partition coefficient (Wildman–Crippen LogP) is 2.90. The zero-order valence-electron chi connectivity index (χ0n) is 17.6. The Kier molecular flexibility index (Phi) is 8.54. The van der Waals surface area contributed by atoms with Gasteiger partial charge in [-0.25, -0.2) is 4.98 Å². The number of halogens is 1. The number of benzene rings is 1. The molecule has 3 aromatic rings. The Balaban J connectivity index is 1.61. The SMILES string of the molecule is C=CCC(=O)COP(=O)(COCCn1cnc2c(=O)[nH]c(N)nc21)OCc1cccc(Cl)c1. The highest BCUT2D eigenvalue weighted by atomic mass is 35.5. The smallest absolute Gasteiger partial charge is 0.356 e. The zero-order chi connectivity index (χ0) is 23.8. The fraction of sp³-hybridized carbons (Fsp3) is 0.300. The first-order valence-corrected chi connectivity index (χ1v) is 11.9. The minimum atomic E-state index is -3.78. The number of allylic oxidation sites excluding steroid dienone is 1. The molecule has 13 heteroatoms. The van der Waals surface area contributed by atoms with Crippen molar-refractivity contribution in [3.8, 4) is 0 Å². The van der Waals surface area contributed by atoms with Crippen LogP contribution in [0.25, 0.3) is 11.2 Å². The van der Waals surface area contributed by atoms with Crippen LogP contribution >= 0.6 is 19.2 Å². The first-order chi connectivity index (χ1) is 15.8. The Morgan fingerprint density at radius 3 is 2.94 bits per heavy atom. The predicted molar refractivity (Wildman–Crippen MR) is 123 cm³/mol. The van der Waals surface area contributed by atoms with E-state index in [0.29, 0.717) is 16.2 Å². The van der Waals surface area contributed by atoms with Gasteiger partial charge in [-0.3, -0.25) is 23.7 Å². The van der Waals surface area contributed by atoms with Gasteiger partial charge in [-0.15, -0.1) is 6.58 Å². The van der Waals surface area contributed by atoms with Gasteiger partial charge in [-0.1, -0.05) is 29.8 Å². The van der Waals surface area contributed by atoms with Crippen LogP contribution in [0.2, 0.25) is 5.02 Å². The van der Waals surface area contributed by atoms with Crippen molar-refractivity contribution >= 4 is 42.1 Å². The molecule has 0 saturated carbocycles. The molecule has 1 unspecified atom stereocenters. The van der Waals surface area contributed by atoms with Crippen LogP contribution in [0.4, 0.5) is 5.95 Å². The molecule has 1 aromatic carbocycles. The largest absolute Gasteiger partial charge is 0.369 e. The van der Waals surface area contributed by atoms with Crippen LogP contribution < -0.4 is 11.3 Å². The number of nitrogen functional groups attached to an aromatic ring is 1. The normalized spacial score (nSPS) is 13.1. The molecule has 11 nitrogen and oxygen atoms in total. The average molecular weight is 496 g/mol. The molecule has 0 aliphatic rings. The second kappa shape index (κ2) is 11.4. The molecular formula is C20H23ClN5O6P. The molecule has 1 atom stereocenters. The van der Waals surface area contributed by atoms with Crippen molar-refractivity contribution in [1.29, 1.82) is 0 Å². The van der Waals surface area contributed by atoms with Crippen LogP contribution in [0.3, 0.4) is 0 Å². The van der Waals surface area contributed by atoms with E-state index in [1.165, 1.54) is 12.4 Å². The molecule has 0 amide bonds. The number of carbonyl (C=O) groups is 1. The van der Waals surface area contributed by atoms with Gasteiger partial charge in [0.1, 0.15) is 13.0 Å². The highest BCUT2D eigenvalue weighted by molar-refractivity contribution is 7.53. The highest BCUT2D eigenvalue weighted by Crippen LogP contribution is 2.49. The molecular weight excluding hydrogens is 473 g/mol. The fourth-order valence-electron chi connectivity index (χ4n) is 2.78. The van der Waals surface area contributed by atoms with Crippen molar-refractivity contribution in [2.45, 2.75) is 19.6 Å². The standard InChI is InChI=1S/C20H23ClN5O6P/c1-2-4-16(27)11-32-33(29,31-10-14-5-3-6-15(21)9-14)13-30-8-7-26-12-23-17-18(26)24-20(22)25-19(17)28/h2-3,5-6,9,12H,1,4,7-8,10-11,13H2,(H3,22,24,25,28). The third-order valence-corrected chi connectivity index (χ3v) is 6.11. The number of imidazole rings is 1. The van der Waals surface area contributed by atoms with Crippen LogP contribution in [0.5, 0.6) is 0 Å². The van der Waals surface area contributed by atoms with Crippen LogP contribution in [0.15, 0.2) is 48.0 Å². The van der Waals surface area contributed by atoms with Crippen molar-refractivity contribution in [2.24, 2.45) is 0 Å². The summed E-state index contributed by atoms with van der Waals surface area (Å²) >= 11 is 5.97. The second-order valence-corrected chi connectivity index (χ2v) is 9.35. The van der Waals surface area contributed by atoms with Crippen LogP contribution in [-0.4, -0.2) is 44.9 Å². The molecule has 2 heterocycles. The van der Waals surface area contributed by atoms with E-state index < -0.39 is 26.1 Å². The maximum Gasteiger partial charge on any atom is 0.356 e. The van der Waals surface area contributed by atoms with Gasteiger partial charge >= 0.3 is 7.60 Å². The summed E-state index contributed by atoms with van der Waals surface area (Å²) in [6.45, 7) is 3.37. The van der Waals surface area contributed by atoms with Crippen molar-refractivity contribution in [1.82, 2.24) is 19.5 Å². The number of aromatic amines is 1. The summed E-state index contributed by atoms with van der Waals surface area (Å²) in [5.74, 6) is -0.331. The maximum absolute atomic E-state index is 13.2. The van der Waals surface area contributed by atoms with E-state index in [-0.39, 0.29) is 43.4 Å². The molecule has 0 saturated heterocycles. The van der Waals surface area contributed by atoms with Gasteiger partial charge in [-0.2, -0.15) is 4.98 Å². The molecule has 33 heavy (non-hydrogen) atoms. The van der Waals surface area contributed by atoms with E-state index in [2.05, 4.69) is 21.5 Å². The lowest BCUT2D eigenvalue weighted by atomic mass is 10.2. The summed E-state index contributed by atoms with van der Waals surface area (Å²) in [6.07, 6.45) is 2.55. The number of rotatable bonds is 13. The summed E-state index contributed by atoms with van der Waals surface area (Å²) < 4.78 is 31.1. The van der Waals surface area contributed by atoms with Crippen LogP contribution in [-0.2, 0) is 36.3 Å². The number of ketones is 1. The number of ether oxygens (including phenoxy) is 1. The van der Waals surface area contributed by atoms with Crippen LogP contribution in [0, 0.1) is 0 Å². The number of nitrogens with two attached hydrogens (primary N) is 1. The Labute approximate surface area is 194 Å². The lowest BCUT2D eigenvalue weighted by Gasteiger charge is -2.18. The molecule has 0 radical (unpaired) electrons. The Hall–Kier alpha value is -2.82. The molecule has 0 aliphatic carbocycles. The summed E-state index contributed by atoms with van der Waals surface area (Å²) in [4.78, 5) is 34.1. The first kappa shape index (κ1) is 24.8. The minimum absolute atomic E-state index is 0.0355. The topological polar surface area (TPSA) is 151 Å². The first-order valence-electron chi connectivity index (χ1n) is 9.83. The molecule has 0 bridgehead atoms. The van der Waals surface area contributed by atoms with E-state index in [9.17, 15) is 14.2 Å². The Morgan fingerprint density at radius 1 is 1.36 bits per heavy atom. The fourth-order valence-corrected chi connectivity index (χ4v) is 4.25. The van der Waals surface area contributed by atoms with Crippen LogP contribution in [0.1, 0.15) is 12.0 Å². The number of aromatic nitrogens is 4. The van der Waals surface area contributed by atoms with Gasteiger partial charge in [0, 0.05) is 18.0 Å². The Bertz CT molecular complexity index is 1240. The second-order valence-electron chi connectivity index (χ2n) is 6.92. The van der Waals surface area contributed by atoms with Gasteiger partial charge in [0.05, 0.1) is 19.5 Å². The maximum atomic E-state index is 13.2. The third kappa shape index (κ3) is 7.08. The number of hydrogen-bond acceptors (Lipinski definition) is 9. The van der Waals surface area contributed by atoms with Gasteiger partial charge in [0.2, 0.25) is 5.95 Å². The number of H-pyrrole nitrogens is 1. The quantitative estimate of drug-likeness (QED) is 0.207. The van der Waals surface area contributed by atoms with E-state index in [1.807, 2.05) is 0 Å². The Morgan fingerprint density at radius 2 is 2.18 bits per heavy atom. The number of Topliss-reactive ketones (excluding diaryl/α,β-unsaturated/α-hetero) is 1. The molecule has 0 fully saturated rings. The highest BCUT2D eigenvalue weighted by Gasteiger charge is 2.26. The molecule has 2 aromatic heterocycles. The van der Waals surface area contributed by atoms with E-state index in [1.54, 1.807) is 28.8 Å². The van der Waals surface area contributed by atoms with Crippen molar-refractivity contribution < 1.29 is 23.1 Å². The van der Waals surface area contributed by atoms with E-state index in [0.717, 1.165) is 0 Å². The van der Waals surface area contributed by atoms with Gasteiger partial charge in [-0.05, 0) is 17.7 Å². The molecule has 0 aliphatic heterocycles. The molecule has 3 N–H and O–H groups in total. The van der Waals surface area contributed by atoms with Crippen molar-refractivity contribution in [3.05, 3.63) is 64.2 Å². The number of hydrogen-bond donors (Lipinski definition) is 2. The zero-order valence-corrected chi connectivity index (χ0v) is 19.3. The third-order valence-electron chi connectivity index (χ3n) is 4.33. The molecule has 3 rings (SSSR count). The van der Waals surface area contributed by atoms with Crippen molar-refractivity contribution in [3.63, 3.8) is 0 Å². The number of nitrogens with one attached hydrogen (secondary N) is 1. The number of carbonyl (C=O) groups excluding carboxylic acids is 1. The minimum Gasteiger partial charge on any atom is -0.369 e. The summed E-state index contributed by atoms with van der Waals surface area (Å²) in [6, 6.07) is 6.86. The summed E-state index contributed by atoms with van der Waals surface area (Å²) in [5, 5.41) is 0.505. The number of fused-ring (bicyclic) bond motifs is 1. The summed E-state index contributed by atoms with van der Waals surface area (Å²) in [7, 11) is -3.78. The summed E-state index contributed by atoms with van der Waals surface area (Å²) in [5.41, 5.74) is 6.26. The van der Waals surface area contributed by atoms with Gasteiger partial charge in [0.25, 0.3) is 5.56 Å². The molecule has 0 spiro atoms. The lowest BCUT2D eigenvalue weighted by molar-refractivity contribution is -0.120. The van der Waals surface area contributed by atoms with E-state index >= 15 is 0 Å². The van der Waals surface area contributed by atoms with Crippen molar-refractivity contribution in [2.75, 3.05) is 25.3 Å². The van der Waals surface area contributed by atoms with Gasteiger partial charge in [0.15, 0.2) is 16.9 Å². The number of nitrogens with zero attached hydrogens (tertiary/aromatic N) is 3.